The Morgan fingerprint density at radius 1 is 1.53 bits per heavy atom. The summed E-state index contributed by atoms with van der Waals surface area (Å²) in [5.74, 6) is 0.729. The van der Waals surface area contributed by atoms with Crippen molar-refractivity contribution in [1.82, 2.24) is 5.32 Å². The normalized spacial score (nSPS) is 27.7. The van der Waals surface area contributed by atoms with Crippen LogP contribution in [0.5, 0.6) is 0 Å². The van der Waals surface area contributed by atoms with E-state index in [1.165, 1.54) is 0 Å². The van der Waals surface area contributed by atoms with Gasteiger partial charge in [0.15, 0.2) is 0 Å². The average Bonchev–Trinajstić information content (AvgIpc) is 2.71. The summed E-state index contributed by atoms with van der Waals surface area (Å²) in [6, 6.07) is -0.390. The number of aliphatic hydroxyl groups is 1. The van der Waals surface area contributed by atoms with Gasteiger partial charge in [-0.05, 0) is 31.1 Å². The molecular formula is C11H22N2O2. The maximum Gasteiger partial charge on any atom is 0.236 e. The zero-order valence-electron chi connectivity index (χ0n) is 9.41. The molecule has 0 saturated heterocycles. The lowest BCUT2D eigenvalue weighted by Gasteiger charge is -2.19. The fourth-order valence-corrected chi connectivity index (χ4v) is 2.17. The van der Waals surface area contributed by atoms with Gasteiger partial charge in [0.25, 0.3) is 0 Å². The Hall–Kier alpha value is -0.610. The predicted molar refractivity (Wildman–Crippen MR) is 59.2 cm³/mol. The SMILES string of the molecule is CC[C@@H](N)C(=O)NCC1CCCC1CO. The molecule has 1 rings (SSSR count). The van der Waals surface area contributed by atoms with Gasteiger partial charge in [0.2, 0.25) is 5.91 Å². The number of hydrogen-bond donors (Lipinski definition) is 3. The maximum absolute atomic E-state index is 11.4. The number of hydrogen-bond acceptors (Lipinski definition) is 3. The minimum absolute atomic E-state index is 0.0684. The van der Waals surface area contributed by atoms with Gasteiger partial charge in [0, 0.05) is 13.2 Å². The monoisotopic (exact) mass is 214 g/mol. The minimum Gasteiger partial charge on any atom is -0.396 e. The summed E-state index contributed by atoms with van der Waals surface area (Å²) in [5, 5.41) is 12.0. The Bertz CT molecular complexity index is 209. The van der Waals surface area contributed by atoms with Crippen LogP contribution in [0.15, 0.2) is 0 Å². The van der Waals surface area contributed by atoms with Crippen molar-refractivity contribution in [3.05, 3.63) is 0 Å². The van der Waals surface area contributed by atoms with Crippen molar-refractivity contribution in [2.45, 2.75) is 38.6 Å². The Morgan fingerprint density at radius 2 is 2.20 bits per heavy atom. The first-order valence-corrected chi connectivity index (χ1v) is 5.83. The van der Waals surface area contributed by atoms with Crippen LogP contribution in [-0.2, 0) is 4.79 Å². The van der Waals surface area contributed by atoms with Crippen molar-refractivity contribution in [1.29, 1.82) is 0 Å². The van der Waals surface area contributed by atoms with Crippen molar-refractivity contribution in [2.75, 3.05) is 13.2 Å². The fourth-order valence-electron chi connectivity index (χ4n) is 2.17. The molecule has 1 aliphatic carbocycles. The Labute approximate surface area is 91.2 Å². The van der Waals surface area contributed by atoms with Crippen LogP contribution in [0.25, 0.3) is 0 Å². The molecule has 0 aliphatic heterocycles. The minimum atomic E-state index is -0.390. The van der Waals surface area contributed by atoms with Gasteiger partial charge in [-0.3, -0.25) is 4.79 Å². The highest BCUT2D eigenvalue weighted by atomic mass is 16.3. The van der Waals surface area contributed by atoms with Gasteiger partial charge in [-0.25, -0.2) is 0 Å². The van der Waals surface area contributed by atoms with E-state index in [9.17, 15) is 4.79 Å². The van der Waals surface area contributed by atoms with Gasteiger partial charge in [0.1, 0.15) is 0 Å². The van der Waals surface area contributed by atoms with Crippen LogP contribution >= 0.6 is 0 Å². The number of carbonyl (C=O) groups is 1. The molecule has 1 aliphatic rings. The van der Waals surface area contributed by atoms with Gasteiger partial charge in [-0.15, -0.1) is 0 Å². The van der Waals surface area contributed by atoms with Gasteiger partial charge >= 0.3 is 0 Å². The Morgan fingerprint density at radius 3 is 2.80 bits per heavy atom. The van der Waals surface area contributed by atoms with E-state index < -0.39 is 0 Å². The molecule has 4 heteroatoms. The molecule has 0 spiro atoms. The van der Waals surface area contributed by atoms with E-state index in [4.69, 9.17) is 10.8 Å². The molecule has 1 fully saturated rings. The van der Waals surface area contributed by atoms with E-state index >= 15 is 0 Å². The molecule has 3 atom stereocenters. The number of amides is 1. The van der Waals surface area contributed by atoms with Crippen molar-refractivity contribution in [2.24, 2.45) is 17.6 Å². The summed E-state index contributed by atoms with van der Waals surface area (Å²) in [4.78, 5) is 11.4. The molecule has 15 heavy (non-hydrogen) atoms. The van der Waals surface area contributed by atoms with Crippen LogP contribution in [0, 0.1) is 11.8 Å². The van der Waals surface area contributed by atoms with Crippen LogP contribution in [0.1, 0.15) is 32.6 Å². The van der Waals surface area contributed by atoms with Crippen LogP contribution in [0.3, 0.4) is 0 Å². The van der Waals surface area contributed by atoms with Crippen LogP contribution in [-0.4, -0.2) is 30.2 Å². The molecule has 0 heterocycles. The maximum atomic E-state index is 11.4. The van der Waals surface area contributed by atoms with Crippen molar-refractivity contribution < 1.29 is 9.90 Å². The summed E-state index contributed by atoms with van der Waals surface area (Å²) in [6.45, 7) is 2.80. The van der Waals surface area contributed by atoms with E-state index in [0.29, 0.717) is 24.8 Å². The molecule has 4 N–H and O–H groups in total. The standard InChI is InChI=1S/C11H22N2O2/c1-2-10(12)11(15)13-6-8-4-3-5-9(8)7-14/h8-10,14H,2-7,12H2,1H3,(H,13,15)/t8?,9?,10-/m1/s1. The van der Waals surface area contributed by atoms with Crippen molar-refractivity contribution in [3.63, 3.8) is 0 Å². The summed E-state index contributed by atoms with van der Waals surface area (Å²) in [6.07, 6.45) is 4.01. The van der Waals surface area contributed by atoms with Crippen LogP contribution in [0.2, 0.25) is 0 Å². The van der Waals surface area contributed by atoms with Gasteiger partial charge < -0.3 is 16.2 Å². The van der Waals surface area contributed by atoms with E-state index in [-0.39, 0.29) is 18.6 Å². The molecule has 0 aromatic carbocycles. The molecule has 0 bridgehead atoms. The highest BCUT2D eigenvalue weighted by Crippen LogP contribution is 2.30. The molecule has 1 saturated carbocycles. The largest absolute Gasteiger partial charge is 0.396 e. The summed E-state index contributed by atoms with van der Waals surface area (Å²) >= 11 is 0. The zero-order valence-corrected chi connectivity index (χ0v) is 9.41. The third-order valence-corrected chi connectivity index (χ3v) is 3.37. The summed E-state index contributed by atoms with van der Waals surface area (Å²) in [5.41, 5.74) is 5.61. The molecule has 0 radical (unpaired) electrons. The average molecular weight is 214 g/mol. The highest BCUT2D eigenvalue weighted by Gasteiger charge is 2.27. The predicted octanol–water partition coefficient (Wildman–Crippen LogP) is 0.248. The number of rotatable bonds is 5. The number of nitrogens with one attached hydrogen (secondary N) is 1. The van der Waals surface area contributed by atoms with Gasteiger partial charge in [-0.2, -0.15) is 0 Å². The highest BCUT2D eigenvalue weighted by molar-refractivity contribution is 5.81. The molecule has 2 unspecified atom stereocenters. The van der Waals surface area contributed by atoms with E-state index in [1.54, 1.807) is 0 Å². The van der Waals surface area contributed by atoms with Crippen LogP contribution in [0.4, 0.5) is 0 Å². The molecule has 4 nitrogen and oxygen atoms in total. The second-order valence-corrected chi connectivity index (χ2v) is 4.39. The third-order valence-electron chi connectivity index (χ3n) is 3.37. The van der Waals surface area contributed by atoms with Crippen molar-refractivity contribution in [3.8, 4) is 0 Å². The Balaban J connectivity index is 2.27. The topological polar surface area (TPSA) is 75.4 Å². The number of aliphatic hydroxyl groups excluding tert-OH is 1. The van der Waals surface area contributed by atoms with Gasteiger partial charge in [-0.1, -0.05) is 13.3 Å². The Kier molecular flexibility index (Phi) is 5.05. The second kappa shape index (κ2) is 6.08. The first kappa shape index (κ1) is 12.5. The van der Waals surface area contributed by atoms with Crippen LogP contribution < -0.4 is 11.1 Å². The first-order valence-electron chi connectivity index (χ1n) is 5.83. The zero-order chi connectivity index (χ0) is 11.3. The van der Waals surface area contributed by atoms with E-state index in [1.807, 2.05) is 6.92 Å². The third kappa shape index (κ3) is 3.47. The van der Waals surface area contributed by atoms with Crippen molar-refractivity contribution >= 4 is 5.91 Å². The molecule has 0 aromatic rings. The molecule has 0 aromatic heterocycles. The quantitative estimate of drug-likeness (QED) is 0.614. The smallest absolute Gasteiger partial charge is 0.236 e. The summed E-state index contributed by atoms with van der Waals surface area (Å²) in [7, 11) is 0. The fraction of sp³-hybridized carbons (Fsp3) is 0.909. The molecule has 1 amide bonds. The molecular weight excluding hydrogens is 192 g/mol. The van der Waals surface area contributed by atoms with E-state index in [2.05, 4.69) is 5.32 Å². The number of nitrogens with two attached hydrogens (primary N) is 1. The lowest BCUT2D eigenvalue weighted by molar-refractivity contribution is -0.122. The lowest BCUT2D eigenvalue weighted by Crippen LogP contribution is -2.42. The lowest BCUT2D eigenvalue weighted by atomic mass is 9.97. The number of carbonyl (C=O) groups excluding carboxylic acids is 1. The summed E-state index contributed by atoms with van der Waals surface area (Å²) < 4.78 is 0. The molecule has 88 valence electrons. The van der Waals surface area contributed by atoms with E-state index in [0.717, 1.165) is 19.3 Å². The first-order chi connectivity index (χ1) is 7.19. The van der Waals surface area contributed by atoms with Gasteiger partial charge in [0.05, 0.1) is 6.04 Å². The second-order valence-electron chi connectivity index (χ2n) is 4.39.